The lowest BCUT2D eigenvalue weighted by Gasteiger charge is -2.18. The smallest absolute Gasteiger partial charge is 0.271 e. The van der Waals surface area contributed by atoms with E-state index in [1.165, 1.54) is 12.0 Å². The zero-order valence-corrected chi connectivity index (χ0v) is 19.1. The van der Waals surface area contributed by atoms with E-state index >= 15 is 0 Å². The predicted molar refractivity (Wildman–Crippen MR) is 128 cm³/mol. The fourth-order valence-corrected chi connectivity index (χ4v) is 5.09. The van der Waals surface area contributed by atoms with Gasteiger partial charge in [-0.05, 0) is 24.6 Å². The normalized spacial score (nSPS) is 18.1. The summed E-state index contributed by atoms with van der Waals surface area (Å²) in [5.41, 5.74) is 2.50. The fourth-order valence-electron chi connectivity index (χ4n) is 3.74. The molecule has 2 aromatic rings. The molecular formula is C23H22N2O4S2. The maximum absolute atomic E-state index is 13.5. The van der Waals surface area contributed by atoms with Gasteiger partial charge in [0.15, 0.2) is 4.32 Å². The second-order valence-electron chi connectivity index (χ2n) is 7.08. The Hall–Kier alpha value is -2.84. The Morgan fingerprint density at radius 1 is 1.00 bits per heavy atom. The van der Waals surface area contributed by atoms with Crippen molar-refractivity contribution in [1.82, 2.24) is 0 Å². The third-order valence-electron chi connectivity index (χ3n) is 5.28. The van der Waals surface area contributed by atoms with E-state index in [-0.39, 0.29) is 11.8 Å². The molecule has 31 heavy (non-hydrogen) atoms. The van der Waals surface area contributed by atoms with Crippen LogP contribution in [-0.2, 0) is 9.59 Å². The van der Waals surface area contributed by atoms with Crippen molar-refractivity contribution in [2.75, 3.05) is 30.6 Å². The number of ether oxygens (including phenoxy) is 2. The number of amides is 2. The SMILES string of the molecule is CCCCN1C(=O)/C(=C2\SC(=S)N(c3cc(OC)ccc3OC)C2=O)c2ccccc21. The Balaban J connectivity index is 1.81. The Morgan fingerprint density at radius 3 is 2.48 bits per heavy atom. The highest BCUT2D eigenvalue weighted by Gasteiger charge is 2.43. The monoisotopic (exact) mass is 454 g/mol. The number of para-hydroxylation sites is 1. The van der Waals surface area contributed by atoms with Crippen LogP contribution in [0.4, 0.5) is 11.4 Å². The van der Waals surface area contributed by atoms with Gasteiger partial charge < -0.3 is 14.4 Å². The summed E-state index contributed by atoms with van der Waals surface area (Å²) < 4.78 is 11.1. The Kier molecular flexibility index (Phi) is 6.02. The summed E-state index contributed by atoms with van der Waals surface area (Å²) in [4.78, 5) is 30.4. The van der Waals surface area contributed by atoms with Crippen LogP contribution in [0.15, 0.2) is 47.4 Å². The molecule has 0 radical (unpaired) electrons. The van der Waals surface area contributed by atoms with Gasteiger partial charge in [-0.15, -0.1) is 0 Å². The summed E-state index contributed by atoms with van der Waals surface area (Å²) >= 11 is 6.69. The lowest BCUT2D eigenvalue weighted by molar-refractivity contribution is -0.115. The van der Waals surface area contributed by atoms with E-state index in [9.17, 15) is 9.59 Å². The van der Waals surface area contributed by atoms with Gasteiger partial charge in [0.05, 0.1) is 36.1 Å². The molecule has 2 amide bonds. The number of fused-ring (bicyclic) bond motifs is 1. The minimum Gasteiger partial charge on any atom is -0.497 e. The van der Waals surface area contributed by atoms with Crippen LogP contribution in [0.25, 0.3) is 5.57 Å². The molecule has 8 heteroatoms. The number of benzene rings is 2. The first kappa shape index (κ1) is 21.4. The Labute approximate surface area is 190 Å². The topological polar surface area (TPSA) is 59.1 Å². The molecule has 2 aromatic carbocycles. The number of unbranched alkanes of at least 4 members (excludes halogenated alkanes) is 1. The van der Waals surface area contributed by atoms with Crippen molar-refractivity contribution < 1.29 is 19.1 Å². The van der Waals surface area contributed by atoms with Crippen LogP contribution >= 0.6 is 24.0 Å². The van der Waals surface area contributed by atoms with Crippen LogP contribution < -0.4 is 19.3 Å². The molecule has 0 spiro atoms. The fraction of sp³-hybridized carbons (Fsp3) is 0.261. The predicted octanol–water partition coefficient (Wildman–Crippen LogP) is 4.63. The standard InChI is InChI=1S/C23H22N2O4S2/c1-4-5-12-24-16-9-7-6-8-15(16)19(21(24)26)20-22(27)25(23(30)31-20)17-13-14(28-2)10-11-18(17)29-3/h6-11,13H,4-5,12H2,1-3H3/b20-19-. The number of nitrogens with zero attached hydrogens (tertiary/aromatic N) is 2. The quantitative estimate of drug-likeness (QED) is 0.469. The summed E-state index contributed by atoms with van der Waals surface area (Å²) in [6.45, 7) is 2.69. The number of hydrogen-bond donors (Lipinski definition) is 0. The third kappa shape index (κ3) is 3.59. The van der Waals surface area contributed by atoms with Gasteiger partial charge in [-0.3, -0.25) is 14.5 Å². The second kappa shape index (κ2) is 8.72. The highest BCUT2D eigenvalue weighted by Crippen LogP contribution is 2.47. The molecule has 4 rings (SSSR count). The van der Waals surface area contributed by atoms with Crippen LogP contribution in [0.5, 0.6) is 11.5 Å². The summed E-state index contributed by atoms with van der Waals surface area (Å²) in [6.07, 6.45) is 1.86. The van der Waals surface area contributed by atoms with Crippen molar-refractivity contribution in [3.63, 3.8) is 0 Å². The molecule has 0 N–H and O–H groups in total. The van der Waals surface area contributed by atoms with Crippen LogP contribution in [0, 0.1) is 0 Å². The van der Waals surface area contributed by atoms with Crippen LogP contribution in [0.1, 0.15) is 25.3 Å². The van der Waals surface area contributed by atoms with Gasteiger partial charge in [-0.2, -0.15) is 0 Å². The summed E-state index contributed by atoms with van der Waals surface area (Å²) in [7, 11) is 3.08. The lowest BCUT2D eigenvalue weighted by Crippen LogP contribution is -2.30. The van der Waals surface area contributed by atoms with E-state index < -0.39 is 0 Å². The van der Waals surface area contributed by atoms with E-state index in [4.69, 9.17) is 21.7 Å². The Bertz CT molecular complexity index is 1110. The molecule has 1 fully saturated rings. The molecule has 0 unspecified atom stereocenters. The van der Waals surface area contributed by atoms with Crippen molar-refractivity contribution in [3.05, 3.63) is 52.9 Å². The molecule has 0 aliphatic carbocycles. The summed E-state index contributed by atoms with van der Waals surface area (Å²) in [6, 6.07) is 12.8. The number of thiocarbonyl (C=S) groups is 1. The molecule has 2 aliphatic heterocycles. The molecule has 0 bridgehead atoms. The Morgan fingerprint density at radius 2 is 1.77 bits per heavy atom. The van der Waals surface area contributed by atoms with Gasteiger partial charge in [0.2, 0.25) is 0 Å². The molecule has 2 heterocycles. The lowest BCUT2D eigenvalue weighted by atomic mass is 10.1. The van der Waals surface area contributed by atoms with Gasteiger partial charge in [0.1, 0.15) is 11.5 Å². The largest absolute Gasteiger partial charge is 0.497 e. The number of hydrogen-bond acceptors (Lipinski definition) is 6. The highest BCUT2D eigenvalue weighted by atomic mass is 32.2. The summed E-state index contributed by atoms with van der Waals surface area (Å²) in [5, 5.41) is 0. The van der Waals surface area contributed by atoms with Crippen molar-refractivity contribution in [3.8, 4) is 11.5 Å². The molecule has 0 saturated carbocycles. The maximum atomic E-state index is 13.5. The van der Waals surface area contributed by atoms with E-state index in [2.05, 4.69) is 6.92 Å². The average molecular weight is 455 g/mol. The molecular weight excluding hydrogens is 432 g/mol. The zero-order chi connectivity index (χ0) is 22.1. The first-order valence-electron chi connectivity index (χ1n) is 9.95. The van der Waals surface area contributed by atoms with E-state index in [0.29, 0.717) is 38.5 Å². The molecule has 2 aliphatic rings. The molecule has 1 saturated heterocycles. The second-order valence-corrected chi connectivity index (χ2v) is 8.72. The third-order valence-corrected chi connectivity index (χ3v) is 6.65. The molecule has 0 aromatic heterocycles. The molecule has 6 nitrogen and oxygen atoms in total. The zero-order valence-electron chi connectivity index (χ0n) is 17.5. The van der Waals surface area contributed by atoms with Gasteiger partial charge in [0, 0.05) is 18.2 Å². The molecule has 160 valence electrons. The first-order chi connectivity index (χ1) is 15.0. The molecule has 0 atom stereocenters. The first-order valence-corrected chi connectivity index (χ1v) is 11.2. The van der Waals surface area contributed by atoms with Crippen LogP contribution in [0.3, 0.4) is 0 Å². The van der Waals surface area contributed by atoms with Crippen molar-refractivity contribution >= 4 is 57.1 Å². The van der Waals surface area contributed by atoms with Gasteiger partial charge in [0.25, 0.3) is 11.8 Å². The van der Waals surface area contributed by atoms with Crippen molar-refractivity contribution in [2.45, 2.75) is 19.8 Å². The maximum Gasteiger partial charge on any atom is 0.271 e. The van der Waals surface area contributed by atoms with Crippen molar-refractivity contribution in [2.24, 2.45) is 0 Å². The number of carbonyl (C=O) groups excluding carboxylic acids is 2. The minimum atomic E-state index is -0.336. The van der Waals surface area contributed by atoms with Gasteiger partial charge >= 0.3 is 0 Å². The summed E-state index contributed by atoms with van der Waals surface area (Å²) in [5.74, 6) is 0.571. The van der Waals surface area contributed by atoms with Crippen LogP contribution in [0.2, 0.25) is 0 Å². The number of rotatable bonds is 6. The number of carbonyl (C=O) groups is 2. The minimum absolute atomic E-state index is 0.159. The van der Waals surface area contributed by atoms with Crippen LogP contribution in [-0.4, -0.2) is 36.9 Å². The number of methoxy groups -OCH3 is 2. The van der Waals surface area contributed by atoms with E-state index in [1.54, 1.807) is 30.2 Å². The number of thioether (sulfide) groups is 1. The van der Waals surface area contributed by atoms with E-state index in [0.717, 1.165) is 35.9 Å². The van der Waals surface area contributed by atoms with Crippen molar-refractivity contribution in [1.29, 1.82) is 0 Å². The van der Waals surface area contributed by atoms with E-state index in [1.807, 2.05) is 24.3 Å². The average Bonchev–Trinajstić information content (AvgIpc) is 3.23. The number of anilines is 2. The highest BCUT2D eigenvalue weighted by molar-refractivity contribution is 8.27. The van der Waals surface area contributed by atoms with Gasteiger partial charge in [-0.1, -0.05) is 55.5 Å². The van der Waals surface area contributed by atoms with Gasteiger partial charge in [-0.25, -0.2) is 0 Å².